The van der Waals surface area contributed by atoms with Crippen molar-refractivity contribution in [2.24, 2.45) is 0 Å². The molecule has 1 aromatic carbocycles. The van der Waals surface area contributed by atoms with E-state index < -0.39 is 11.6 Å². The number of carbonyl (C=O) groups excluding carboxylic acids is 1. The van der Waals surface area contributed by atoms with E-state index in [0.29, 0.717) is 16.6 Å². The SMILES string of the molecule is O=C(Cc1cccc(F)c1F)c1c[nH]c2nc(N3CCCC3)ccc12. The Kier molecular flexibility index (Phi) is 3.95. The van der Waals surface area contributed by atoms with Gasteiger partial charge in [-0.15, -0.1) is 0 Å². The van der Waals surface area contributed by atoms with Gasteiger partial charge in [0.15, 0.2) is 17.4 Å². The molecule has 0 amide bonds. The van der Waals surface area contributed by atoms with Gasteiger partial charge in [-0.3, -0.25) is 4.79 Å². The predicted molar refractivity (Wildman–Crippen MR) is 91.9 cm³/mol. The van der Waals surface area contributed by atoms with Crippen LogP contribution < -0.4 is 4.90 Å². The number of rotatable bonds is 4. The normalized spacial score (nSPS) is 14.4. The third-order valence-electron chi connectivity index (χ3n) is 4.64. The second-order valence-corrected chi connectivity index (χ2v) is 6.28. The number of benzene rings is 1. The van der Waals surface area contributed by atoms with Crippen molar-refractivity contribution in [1.82, 2.24) is 9.97 Å². The lowest BCUT2D eigenvalue weighted by Gasteiger charge is -2.15. The lowest BCUT2D eigenvalue weighted by molar-refractivity contribution is 0.0993. The van der Waals surface area contributed by atoms with E-state index in [0.717, 1.165) is 37.8 Å². The van der Waals surface area contributed by atoms with Gasteiger partial charge in [0.05, 0.1) is 0 Å². The summed E-state index contributed by atoms with van der Waals surface area (Å²) in [5.41, 5.74) is 1.13. The van der Waals surface area contributed by atoms with Crippen LogP contribution in [0.5, 0.6) is 0 Å². The van der Waals surface area contributed by atoms with Crippen LogP contribution in [0.2, 0.25) is 0 Å². The van der Waals surface area contributed by atoms with E-state index in [2.05, 4.69) is 14.9 Å². The Labute approximate surface area is 143 Å². The molecule has 2 aromatic heterocycles. The summed E-state index contributed by atoms with van der Waals surface area (Å²) in [4.78, 5) is 22.4. The third kappa shape index (κ3) is 2.88. The summed E-state index contributed by atoms with van der Waals surface area (Å²) in [5, 5.41) is 0.699. The number of pyridine rings is 1. The molecule has 1 fully saturated rings. The smallest absolute Gasteiger partial charge is 0.169 e. The maximum absolute atomic E-state index is 13.8. The fourth-order valence-electron chi connectivity index (χ4n) is 3.30. The Bertz CT molecular complexity index is 945. The molecule has 4 nitrogen and oxygen atoms in total. The van der Waals surface area contributed by atoms with Gasteiger partial charge < -0.3 is 9.88 Å². The van der Waals surface area contributed by atoms with Crippen molar-refractivity contribution in [3.63, 3.8) is 0 Å². The molecule has 0 bridgehead atoms. The molecule has 25 heavy (non-hydrogen) atoms. The average Bonchev–Trinajstić information content (AvgIpc) is 3.27. The number of ketones is 1. The van der Waals surface area contributed by atoms with Crippen LogP contribution in [-0.4, -0.2) is 28.8 Å². The van der Waals surface area contributed by atoms with Crippen molar-refractivity contribution in [1.29, 1.82) is 0 Å². The van der Waals surface area contributed by atoms with E-state index in [4.69, 9.17) is 0 Å². The fourth-order valence-corrected chi connectivity index (χ4v) is 3.30. The van der Waals surface area contributed by atoms with Gasteiger partial charge in [-0.2, -0.15) is 0 Å². The molecule has 1 aliphatic heterocycles. The van der Waals surface area contributed by atoms with Crippen LogP contribution in [-0.2, 0) is 6.42 Å². The van der Waals surface area contributed by atoms with Gasteiger partial charge >= 0.3 is 0 Å². The third-order valence-corrected chi connectivity index (χ3v) is 4.64. The van der Waals surface area contributed by atoms with Crippen molar-refractivity contribution >= 4 is 22.6 Å². The van der Waals surface area contributed by atoms with E-state index in [-0.39, 0.29) is 17.8 Å². The highest BCUT2D eigenvalue weighted by Gasteiger charge is 2.19. The van der Waals surface area contributed by atoms with Gasteiger partial charge in [-0.05, 0) is 36.6 Å². The molecule has 0 atom stereocenters. The Morgan fingerprint density at radius 1 is 1.16 bits per heavy atom. The Hall–Kier alpha value is -2.76. The first-order valence-electron chi connectivity index (χ1n) is 8.32. The Morgan fingerprint density at radius 3 is 2.76 bits per heavy atom. The van der Waals surface area contributed by atoms with Crippen molar-refractivity contribution < 1.29 is 13.6 Å². The van der Waals surface area contributed by atoms with E-state index in [1.165, 1.54) is 12.1 Å². The first kappa shape index (κ1) is 15.7. The van der Waals surface area contributed by atoms with Gasteiger partial charge in [0.1, 0.15) is 11.5 Å². The number of aromatic amines is 1. The standard InChI is InChI=1S/C19H17F2N3O/c20-15-5-3-4-12(18(15)21)10-16(25)14-11-22-19-13(14)6-7-17(23-19)24-8-1-2-9-24/h3-7,11H,1-2,8-10H2,(H,22,23). The van der Waals surface area contributed by atoms with Crippen LogP contribution in [0.15, 0.2) is 36.5 Å². The van der Waals surface area contributed by atoms with E-state index in [1.807, 2.05) is 12.1 Å². The first-order chi connectivity index (χ1) is 12.1. The van der Waals surface area contributed by atoms with Gasteiger partial charge in [-0.25, -0.2) is 13.8 Å². The van der Waals surface area contributed by atoms with Gasteiger partial charge in [-0.1, -0.05) is 12.1 Å². The number of aromatic nitrogens is 2. The molecule has 1 saturated heterocycles. The number of nitrogens with zero attached hydrogens (tertiary/aromatic N) is 2. The minimum Gasteiger partial charge on any atom is -0.357 e. The van der Waals surface area contributed by atoms with Crippen molar-refractivity contribution in [3.05, 3.63) is 59.3 Å². The highest BCUT2D eigenvalue weighted by Crippen LogP contribution is 2.24. The lowest BCUT2D eigenvalue weighted by atomic mass is 10.0. The molecular weight excluding hydrogens is 324 g/mol. The number of hydrogen-bond donors (Lipinski definition) is 1. The first-order valence-corrected chi connectivity index (χ1v) is 8.32. The lowest BCUT2D eigenvalue weighted by Crippen LogP contribution is -2.18. The molecular formula is C19H17F2N3O. The molecule has 6 heteroatoms. The molecule has 0 spiro atoms. The van der Waals surface area contributed by atoms with E-state index in [9.17, 15) is 13.6 Å². The number of carbonyl (C=O) groups is 1. The zero-order chi connectivity index (χ0) is 17.4. The quantitative estimate of drug-likeness (QED) is 0.733. The summed E-state index contributed by atoms with van der Waals surface area (Å²) in [7, 11) is 0. The Morgan fingerprint density at radius 2 is 1.96 bits per heavy atom. The summed E-state index contributed by atoms with van der Waals surface area (Å²) in [6.45, 7) is 1.98. The molecule has 3 aromatic rings. The van der Waals surface area contributed by atoms with Crippen molar-refractivity contribution in [2.45, 2.75) is 19.3 Å². The summed E-state index contributed by atoms with van der Waals surface area (Å²) < 4.78 is 27.1. The molecule has 0 saturated carbocycles. The number of halogens is 2. The van der Waals surface area contributed by atoms with Crippen LogP contribution in [0.3, 0.4) is 0 Å². The second-order valence-electron chi connectivity index (χ2n) is 6.28. The molecule has 0 radical (unpaired) electrons. The zero-order valence-corrected chi connectivity index (χ0v) is 13.6. The van der Waals surface area contributed by atoms with Crippen LogP contribution in [0.25, 0.3) is 11.0 Å². The second kappa shape index (κ2) is 6.27. The van der Waals surface area contributed by atoms with Crippen molar-refractivity contribution in [2.75, 3.05) is 18.0 Å². The van der Waals surface area contributed by atoms with Gasteiger partial charge in [0.25, 0.3) is 0 Å². The molecule has 4 rings (SSSR count). The van der Waals surface area contributed by atoms with E-state index in [1.54, 1.807) is 6.20 Å². The highest BCUT2D eigenvalue weighted by molar-refractivity contribution is 6.08. The average molecular weight is 341 g/mol. The molecule has 1 N–H and O–H groups in total. The summed E-state index contributed by atoms with van der Waals surface area (Å²) >= 11 is 0. The van der Waals surface area contributed by atoms with Crippen LogP contribution >= 0.6 is 0 Å². The van der Waals surface area contributed by atoms with Gasteiger partial charge in [0, 0.05) is 36.7 Å². The number of Topliss-reactive ketones (excluding diaryl/α,β-unsaturated/α-hetero) is 1. The summed E-state index contributed by atoms with van der Waals surface area (Å²) in [6.07, 6.45) is 3.72. The summed E-state index contributed by atoms with van der Waals surface area (Å²) in [6, 6.07) is 7.64. The Balaban J connectivity index is 1.62. The number of nitrogens with one attached hydrogen (secondary N) is 1. The molecule has 0 unspecified atom stereocenters. The number of fused-ring (bicyclic) bond motifs is 1. The number of hydrogen-bond acceptors (Lipinski definition) is 3. The van der Waals surface area contributed by atoms with Crippen LogP contribution in [0, 0.1) is 11.6 Å². The minimum atomic E-state index is -0.967. The minimum absolute atomic E-state index is 0.0565. The predicted octanol–water partition coefficient (Wildman–Crippen LogP) is 3.87. The zero-order valence-electron chi connectivity index (χ0n) is 13.6. The molecule has 128 valence electrons. The molecule has 3 heterocycles. The maximum atomic E-state index is 13.8. The molecule has 1 aliphatic rings. The number of H-pyrrole nitrogens is 1. The monoisotopic (exact) mass is 341 g/mol. The van der Waals surface area contributed by atoms with Gasteiger partial charge in [0.2, 0.25) is 0 Å². The fraction of sp³-hybridized carbons (Fsp3) is 0.263. The number of anilines is 1. The maximum Gasteiger partial charge on any atom is 0.169 e. The van der Waals surface area contributed by atoms with Crippen molar-refractivity contribution in [3.8, 4) is 0 Å². The largest absolute Gasteiger partial charge is 0.357 e. The summed E-state index contributed by atoms with van der Waals surface area (Å²) in [5.74, 6) is -1.29. The highest BCUT2D eigenvalue weighted by atomic mass is 19.2. The molecule has 0 aliphatic carbocycles. The van der Waals surface area contributed by atoms with E-state index >= 15 is 0 Å². The van der Waals surface area contributed by atoms with Crippen LogP contribution in [0.1, 0.15) is 28.8 Å². The van der Waals surface area contributed by atoms with Crippen LogP contribution in [0.4, 0.5) is 14.6 Å². The topological polar surface area (TPSA) is 49.0 Å².